The summed E-state index contributed by atoms with van der Waals surface area (Å²) in [7, 11) is 0. The molecule has 6 nitrogen and oxygen atoms in total. The van der Waals surface area contributed by atoms with Crippen LogP contribution in [-0.2, 0) is 9.59 Å². The first-order valence-corrected chi connectivity index (χ1v) is 8.39. The predicted molar refractivity (Wildman–Crippen MR) is 90.5 cm³/mol. The number of likely N-dealkylation sites (tertiary alicyclic amines) is 1. The molecule has 0 spiro atoms. The number of benzene rings is 1. The molecule has 130 valence electrons. The third-order valence-corrected chi connectivity index (χ3v) is 4.63. The van der Waals surface area contributed by atoms with E-state index in [1.807, 2.05) is 4.90 Å². The fourth-order valence-corrected chi connectivity index (χ4v) is 3.39. The van der Waals surface area contributed by atoms with E-state index in [0.29, 0.717) is 24.3 Å². The molecule has 1 aromatic carbocycles. The Morgan fingerprint density at radius 3 is 2.67 bits per heavy atom. The fourth-order valence-electron chi connectivity index (χ4n) is 3.39. The highest BCUT2D eigenvalue weighted by Crippen LogP contribution is 2.24. The molecule has 3 rings (SSSR count). The number of hydrogen-bond acceptors (Lipinski definition) is 4. The average molecular weight is 334 g/mol. The minimum atomic E-state index is -0.460. The Bertz CT molecular complexity index is 631. The summed E-state index contributed by atoms with van der Waals surface area (Å²) in [6.45, 7) is 5.26. The number of nitrogens with zero attached hydrogens (tertiary/aromatic N) is 2. The number of nitrogens with one attached hydrogen (secondary N) is 2. The Labute approximate surface area is 141 Å². The zero-order valence-corrected chi connectivity index (χ0v) is 13.8. The predicted octanol–water partition coefficient (Wildman–Crippen LogP) is 1.18. The third-order valence-electron chi connectivity index (χ3n) is 4.63. The van der Waals surface area contributed by atoms with Crippen molar-refractivity contribution in [2.24, 2.45) is 0 Å². The van der Waals surface area contributed by atoms with Crippen LogP contribution in [0.25, 0.3) is 0 Å². The molecular formula is C17H23FN4O2. The van der Waals surface area contributed by atoms with Crippen molar-refractivity contribution in [3.05, 3.63) is 24.0 Å². The van der Waals surface area contributed by atoms with Crippen molar-refractivity contribution in [1.29, 1.82) is 0 Å². The minimum absolute atomic E-state index is 0.104. The number of amides is 2. The van der Waals surface area contributed by atoms with E-state index in [2.05, 4.69) is 10.6 Å². The summed E-state index contributed by atoms with van der Waals surface area (Å²) >= 11 is 0. The van der Waals surface area contributed by atoms with E-state index in [0.717, 1.165) is 32.6 Å². The Morgan fingerprint density at radius 1 is 1.25 bits per heavy atom. The number of piperazine rings is 1. The third kappa shape index (κ3) is 3.51. The van der Waals surface area contributed by atoms with Gasteiger partial charge in [0, 0.05) is 45.3 Å². The van der Waals surface area contributed by atoms with Gasteiger partial charge in [0.1, 0.15) is 11.9 Å². The maximum absolute atomic E-state index is 14.4. The molecule has 7 heteroatoms. The molecule has 2 fully saturated rings. The summed E-state index contributed by atoms with van der Waals surface area (Å²) in [6, 6.07) is 4.31. The number of carbonyl (C=O) groups is 2. The van der Waals surface area contributed by atoms with Crippen LogP contribution < -0.4 is 15.5 Å². The van der Waals surface area contributed by atoms with Crippen LogP contribution in [0.1, 0.15) is 19.8 Å². The summed E-state index contributed by atoms with van der Waals surface area (Å²) in [5, 5.41) is 5.97. The lowest BCUT2D eigenvalue weighted by atomic mass is 10.2. The Morgan fingerprint density at radius 2 is 2.00 bits per heavy atom. The molecule has 1 unspecified atom stereocenters. The van der Waals surface area contributed by atoms with Crippen LogP contribution in [0.2, 0.25) is 0 Å². The molecule has 2 aliphatic rings. The monoisotopic (exact) mass is 334 g/mol. The van der Waals surface area contributed by atoms with Gasteiger partial charge >= 0.3 is 0 Å². The van der Waals surface area contributed by atoms with Crippen molar-refractivity contribution in [3.63, 3.8) is 0 Å². The van der Waals surface area contributed by atoms with Crippen LogP contribution in [0, 0.1) is 5.82 Å². The normalized spacial score (nSPS) is 21.0. The quantitative estimate of drug-likeness (QED) is 0.871. The van der Waals surface area contributed by atoms with Crippen LogP contribution in [0.5, 0.6) is 0 Å². The molecule has 1 atom stereocenters. The first-order valence-electron chi connectivity index (χ1n) is 8.39. The highest BCUT2D eigenvalue weighted by atomic mass is 19.1. The summed E-state index contributed by atoms with van der Waals surface area (Å²) in [5.74, 6) is -0.700. The van der Waals surface area contributed by atoms with Crippen LogP contribution in [-0.4, -0.2) is 55.5 Å². The highest BCUT2D eigenvalue weighted by molar-refractivity contribution is 5.97. The van der Waals surface area contributed by atoms with Gasteiger partial charge in [0.2, 0.25) is 11.8 Å². The smallest absolute Gasteiger partial charge is 0.247 e. The van der Waals surface area contributed by atoms with Crippen molar-refractivity contribution in [2.45, 2.75) is 25.8 Å². The van der Waals surface area contributed by atoms with Gasteiger partial charge in [-0.1, -0.05) is 0 Å². The van der Waals surface area contributed by atoms with Crippen molar-refractivity contribution in [2.75, 3.05) is 42.9 Å². The number of hydrogen-bond donors (Lipinski definition) is 2. The summed E-state index contributed by atoms with van der Waals surface area (Å²) in [5.41, 5.74) is 0.979. The molecule has 0 bridgehead atoms. The van der Waals surface area contributed by atoms with Crippen molar-refractivity contribution < 1.29 is 14.0 Å². The van der Waals surface area contributed by atoms with Gasteiger partial charge in [-0.05, 0) is 31.0 Å². The van der Waals surface area contributed by atoms with Gasteiger partial charge in [0.05, 0.1) is 5.69 Å². The van der Waals surface area contributed by atoms with Crippen LogP contribution in [0.4, 0.5) is 15.8 Å². The summed E-state index contributed by atoms with van der Waals surface area (Å²) in [4.78, 5) is 27.5. The molecule has 2 aliphatic heterocycles. The van der Waals surface area contributed by atoms with Crippen molar-refractivity contribution in [3.8, 4) is 0 Å². The molecular weight excluding hydrogens is 311 g/mol. The molecule has 0 aliphatic carbocycles. The standard InChI is InChI=1S/C17H23FN4O2/c1-12(23)22-8-2-3-16(22)17(24)20-13-4-5-15(14(18)11-13)21-9-6-19-7-10-21/h4-5,11,16,19H,2-3,6-10H2,1H3,(H,20,24). The van der Waals surface area contributed by atoms with E-state index in [-0.39, 0.29) is 17.6 Å². The zero-order chi connectivity index (χ0) is 17.1. The van der Waals surface area contributed by atoms with E-state index >= 15 is 0 Å². The summed E-state index contributed by atoms with van der Waals surface area (Å²) < 4.78 is 14.4. The van der Waals surface area contributed by atoms with Crippen LogP contribution in [0.15, 0.2) is 18.2 Å². The van der Waals surface area contributed by atoms with Crippen molar-refractivity contribution in [1.82, 2.24) is 10.2 Å². The van der Waals surface area contributed by atoms with Gasteiger partial charge in [0.25, 0.3) is 0 Å². The SMILES string of the molecule is CC(=O)N1CCCC1C(=O)Nc1ccc(N2CCNCC2)c(F)c1. The maximum Gasteiger partial charge on any atom is 0.247 e. The Kier molecular flexibility index (Phi) is 4.99. The van der Waals surface area contributed by atoms with Gasteiger partial charge in [-0.15, -0.1) is 0 Å². The van der Waals surface area contributed by atoms with E-state index in [1.54, 1.807) is 17.0 Å². The lowest BCUT2D eigenvalue weighted by Crippen LogP contribution is -2.44. The molecule has 2 N–H and O–H groups in total. The molecule has 24 heavy (non-hydrogen) atoms. The van der Waals surface area contributed by atoms with Crippen molar-refractivity contribution >= 4 is 23.2 Å². The minimum Gasteiger partial charge on any atom is -0.367 e. The van der Waals surface area contributed by atoms with E-state index in [4.69, 9.17) is 0 Å². The van der Waals surface area contributed by atoms with E-state index in [1.165, 1.54) is 13.0 Å². The second-order valence-corrected chi connectivity index (χ2v) is 6.26. The molecule has 2 heterocycles. The molecule has 0 aromatic heterocycles. The molecule has 2 amide bonds. The first kappa shape index (κ1) is 16.7. The van der Waals surface area contributed by atoms with Gasteiger partial charge in [-0.2, -0.15) is 0 Å². The molecule has 0 radical (unpaired) electrons. The number of halogens is 1. The second-order valence-electron chi connectivity index (χ2n) is 6.26. The van der Waals surface area contributed by atoms with E-state index < -0.39 is 6.04 Å². The van der Waals surface area contributed by atoms with Gasteiger partial charge < -0.3 is 20.4 Å². The van der Waals surface area contributed by atoms with Gasteiger partial charge in [-0.25, -0.2) is 4.39 Å². The Hall–Kier alpha value is -2.15. The maximum atomic E-state index is 14.4. The number of anilines is 2. The molecule has 2 saturated heterocycles. The average Bonchev–Trinajstić information content (AvgIpc) is 3.06. The Balaban J connectivity index is 1.68. The number of rotatable bonds is 3. The highest BCUT2D eigenvalue weighted by Gasteiger charge is 2.32. The second kappa shape index (κ2) is 7.17. The lowest BCUT2D eigenvalue weighted by molar-refractivity contribution is -0.134. The zero-order valence-electron chi connectivity index (χ0n) is 13.8. The van der Waals surface area contributed by atoms with Crippen LogP contribution >= 0.6 is 0 Å². The molecule has 1 aromatic rings. The lowest BCUT2D eigenvalue weighted by Gasteiger charge is -2.30. The fraction of sp³-hybridized carbons (Fsp3) is 0.529. The molecule has 0 saturated carbocycles. The van der Waals surface area contributed by atoms with Gasteiger partial charge in [-0.3, -0.25) is 9.59 Å². The topological polar surface area (TPSA) is 64.7 Å². The number of carbonyl (C=O) groups excluding carboxylic acids is 2. The van der Waals surface area contributed by atoms with Gasteiger partial charge in [0.15, 0.2) is 0 Å². The van der Waals surface area contributed by atoms with E-state index in [9.17, 15) is 14.0 Å². The largest absolute Gasteiger partial charge is 0.367 e. The van der Waals surface area contributed by atoms with Crippen LogP contribution in [0.3, 0.4) is 0 Å². The first-order chi connectivity index (χ1) is 11.6. The summed E-state index contributed by atoms with van der Waals surface area (Å²) in [6.07, 6.45) is 1.46.